The van der Waals surface area contributed by atoms with Crippen molar-refractivity contribution in [2.24, 2.45) is 0 Å². The minimum atomic E-state index is 1.18. The molecule has 46 heavy (non-hydrogen) atoms. The van der Waals surface area contributed by atoms with E-state index in [1.807, 2.05) is 11.3 Å². The van der Waals surface area contributed by atoms with Gasteiger partial charge in [0.25, 0.3) is 0 Å². The molecule has 0 radical (unpaired) electrons. The van der Waals surface area contributed by atoms with Crippen LogP contribution in [-0.2, 0) is 0 Å². The van der Waals surface area contributed by atoms with Crippen LogP contribution in [0.3, 0.4) is 0 Å². The zero-order chi connectivity index (χ0) is 29.9. The molecule has 0 fully saturated rings. The van der Waals surface area contributed by atoms with Gasteiger partial charge >= 0.3 is 0 Å². The van der Waals surface area contributed by atoms with Crippen LogP contribution in [-0.4, -0.2) is 4.57 Å². The van der Waals surface area contributed by atoms with Gasteiger partial charge in [-0.05, 0) is 103 Å². The zero-order valence-corrected chi connectivity index (χ0v) is 25.6. The van der Waals surface area contributed by atoms with Crippen LogP contribution in [0, 0.1) is 0 Å². The molecule has 10 aromatic rings. The highest BCUT2D eigenvalue weighted by molar-refractivity contribution is 7.25. The molecule has 2 heterocycles. The van der Waals surface area contributed by atoms with Crippen molar-refractivity contribution in [2.45, 2.75) is 0 Å². The third kappa shape index (κ3) is 3.24. The molecule has 0 saturated heterocycles. The molecule has 0 spiro atoms. The second-order valence-electron chi connectivity index (χ2n) is 12.5. The van der Waals surface area contributed by atoms with E-state index >= 15 is 0 Å². The summed E-state index contributed by atoms with van der Waals surface area (Å²) in [5, 5.41) is 10.5. The molecule has 11 rings (SSSR count). The Bertz CT molecular complexity index is 2870. The zero-order valence-electron chi connectivity index (χ0n) is 24.8. The first kappa shape index (κ1) is 24.6. The molecule has 0 bridgehead atoms. The standard InChI is InChI=1S/C44H25NS/c1-2-9-32-31(8-1)36-13-7-12-35-30(20-21-37(32)44(35)36)26-16-18-29(19-17-26)45-40-14-5-3-10-33(40)38-22-27-23-39-34-11-4-6-15-42(34)46-43(39)25-28(27)24-41(38)45/h1-25H. The number of aromatic nitrogens is 1. The van der Waals surface area contributed by atoms with E-state index in [9.17, 15) is 0 Å². The fourth-order valence-corrected chi connectivity index (χ4v) is 9.20. The van der Waals surface area contributed by atoms with Crippen LogP contribution in [0.2, 0.25) is 0 Å². The van der Waals surface area contributed by atoms with E-state index in [1.54, 1.807) is 0 Å². The van der Waals surface area contributed by atoms with Crippen LogP contribution in [0.15, 0.2) is 152 Å². The van der Waals surface area contributed by atoms with Gasteiger partial charge in [-0.1, -0.05) is 103 Å². The number of benzene rings is 8. The number of fused-ring (bicyclic) bond motifs is 10. The number of hydrogen-bond donors (Lipinski definition) is 0. The summed E-state index contributed by atoms with van der Waals surface area (Å²) in [6, 6.07) is 56.5. The number of para-hydroxylation sites is 1. The molecular formula is C44H25NS. The molecule has 2 aromatic heterocycles. The molecule has 1 aliphatic rings. The van der Waals surface area contributed by atoms with Crippen molar-refractivity contribution in [1.29, 1.82) is 0 Å². The molecule has 0 N–H and O–H groups in total. The van der Waals surface area contributed by atoms with E-state index in [4.69, 9.17) is 0 Å². The van der Waals surface area contributed by atoms with Crippen LogP contribution in [0.5, 0.6) is 0 Å². The van der Waals surface area contributed by atoms with E-state index in [1.165, 1.54) is 103 Å². The van der Waals surface area contributed by atoms with Gasteiger partial charge in [-0.2, -0.15) is 0 Å². The Morgan fingerprint density at radius 3 is 1.89 bits per heavy atom. The van der Waals surface area contributed by atoms with Gasteiger partial charge in [0.15, 0.2) is 0 Å². The van der Waals surface area contributed by atoms with Crippen molar-refractivity contribution in [1.82, 2.24) is 4.57 Å². The third-order valence-electron chi connectivity index (χ3n) is 10.1. The second kappa shape index (κ2) is 8.94. The second-order valence-corrected chi connectivity index (χ2v) is 13.6. The molecule has 0 saturated carbocycles. The molecule has 0 unspecified atom stereocenters. The Hall–Kier alpha value is -5.70. The first-order valence-electron chi connectivity index (χ1n) is 15.8. The summed E-state index contributed by atoms with van der Waals surface area (Å²) in [6.07, 6.45) is 0. The summed E-state index contributed by atoms with van der Waals surface area (Å²) in [5.41, 5.74) is 11.5. The van der Waals surface area contributed by atoms with Crippen LogP contribution >= 0.6 is 11.3 Å². The fraction of sp³-hybridized carbons (Fsp3) is 0. The Balaban J connectivity index is 1.10. The molecule has 0 aliphatic heterocycles. The maximum absolute atomic E-state index is 2.44. The van der Waals surface area contributed by atoms with Gasteiger partial charge in [-0.15, -0.1) is 11.3 Å². The minimum Gasteiger partial charge on any atom is -0.309 e. The lowest BCUT2D eigenvalue weighted by Gasteiger charge is -2.12. The van der Waals surface area contributed by atoms with Crippen LogP contribution in [0.4, 0.5) is 0 Å². The van der Waals surface area contributed by atoms with Gasteiger partial charge in [-0.25, -0.2) is 0 Å². The molecule has 1 nitrogen and oxygen atoms in total. The first-order valence-corrected chi connectivity index (χ1v) is 16.7. The fourth-order valence-electron chi connectivity index (χ4n) is 8.06. The molecule has 212 valence electrons. The third-order valence-corrected chi connectivity index (χ3v) is 11.2. The SMILES string of the molecule is c1ccc2c(c1)-c1cccc3c(-c4ccc(-n5c6ccccc6c6cc7cc8c(cc7cc65)sc5ccccc58)cc4)ccc-2c13. The number of rotatable bonds is 2. The van der Waals surface area contributed by atoms with Gasteiger partial charge in [0.05, 0.1) is 11.0 Å². The molecule has 8 aromatic carbocycles. The Morgan fingerprint density at radius 1 is 0.370 bits per heavy atom. The van der Waals surface area contributed by atoms with E-state index < -0.39 is 0 Å². The highest BCUT2D eigenvalue weighted by Gasteiger charge is 2.22. The van der Waals surface area contributed by atoms with Gasteiger partial charge in [0, 0.05) is 36.6 Å². The van der Waals surface area contributed by atoms with Crippen LogP contribution in [0.1, 0.15) is 0 Å². The van der Waals surface area contributed by atoms with Gasteiger partial charge < -0.3 is 4.57 Å². The van der Waals surface area contributed by atoms with E-state index in [0.717, 1.165) is 0 Å². The van der Waals surface area contributed by atoms with Gasteiger partial charge in [-0.3, -0.25) is 0 Å². The van der Waals surface area contributed by atoms with Crippen LogP contribution < -0.4 is 0 Å². The summed E-state index contributed by atoms with van der Waals surface area (Å²) < 4.78 is 5.12. The predicted molar refractivity (Wildman–Crippen MR) is 199 cm³/mol. The average molecular weight is 600 g/mol. The predicted octanol–water partition coefficient (Wildman–Crippen LogP) is 12.8. The quantitative estimate of drug-likeness (QED) is 0.186. The normalized spacial score (nSPS) is 12.3. The maximum Gasteiger partial charge on any atom is 0.0547 e. The Kier molecular flexibility index (Phi) is 4.78. The summed E-state index contributed by atoms with van der Waals surface area (Å²) in [6.45, 7) is 0. The molecule has 2 heteroatoms. The summed E-state index contributed by atoms with van der Waals surface area (Å²) in [4.78, 5) is 0. The Morgan fingerprint density at radius 2 is 1.02 bits per heavy atom. The molecular weight excluding hydrogens is 575 g/mol. The van der Waals surface area contributed by atoms with Crippen LogP contribution in [0.25, 0.3) is 103 Å². The van der Waals surface area contributed by atoms with Gasteiger partial charge in [0.1, 0.15) is 0 Å². The lowest BCUT2D eigenvalue weighted by atomic mass is 9.94. The molecule has 1 aliphatic carbocycles. The average Bonchev–Trinajstić information content (AvgIpc) is 3.75. The smallest absolute Gasteiger partial charge is 0.0547 e. The minimum absolute atomic E-state index is 1.18. The highest BCUT2D eigenvalue weighted by Crippen LogP contribution is 2.49. The van der Waals surface area contributed by atoms with E-state index in [2.05, 4.69) is 156 Å². The summed E-state index contributed by atoms with van der Waals surface area (Å²) in [5.74, 6) is 0. The molecule has 0 atom stereocenters. The van der Waals surface area contributed by atoms with Gasteiger partial charge in [0.2, 0.25) is 0 Å². The van der Waals surface area contributed by atoms with E-state index in [0.29, 0.717) is 0 Å². The summed E-state index contributed by atoms with van der Waals surface area (Å²) >= 11 is 1.88. The van der Waals surface area contributed by atoms with Crippen molar-refractivity contribution < 1.29 is 0 Å². The van der Waals surface area contributed by atoms with Crippen molar-refractivity contribution in [3.05, 3.63) is 152 Å². The highest BCUT2D eigenvalue weighted by atomic mass is 32.1. The number of hydrogen-bond acceptors (Lipinski definition) is 1. The molecule has 0 amide bonds. The van der Waals surface area contributed by atoms with Crippen molar-refractivity contribution in [3.8, 4) is 39.1 Å². The summed E-state index contributed by atoms with van der Waals surface area (Å²) in [7, 11) is 0. The van der Waals surface area contributed by atoms with Crippen molar-refractivity contribution in [2.75, 3.05) is 0 Å². The largest absolute Gasteiger partial charge is 0.309 e. The van der Waals surface area contributed by atoms with Crippen molar-refractivity contribution >= 4 is 74.9 Å². The monoisotopic (exact) mass is 599 g/mol. The number of nitrogens with zero attached hydrogens (tertiary/aromatic N) is 1. The van der Waals surface area contributed by atoms with E-state index in [-0.39, 0.29) is 0 Å². The Labute approximate surface area is 269 Å². The first-order chi connectivity index (χ1) is 22.8. The topological polar surface area (TPSA) is 4.93 Å². The maximum atomic E-state index is 2.44. The lowest BCUT2D eigenvalue weighted by molar-refractivity contribution is 1.18. The van der Waals surface area contributed by atoms with Crippen molar-refractivity contribution in [3.63, 3.8) is 0 Å². The lowest BCUT2D eigenvalue weighted by Crippen LogP contribution is -1.94. The number of thiophene rings is 1.